The van der Waals surface area contributed by atoms with Crippen LogP contribution in [0.25, 0.3) is 0 Å². The number of carbonyl (C=O) groups excluding carboxylic acids is 1. The van der Waals surface area contributed by atoms with Crippen LogP contribution in [-0.4, -0.2) is 32.8 Å². The molecule has 0 radical (unpaired) electrons. The number of sulfonamides is 1. The molecular formula is C16H20N2O5S. The van der Waals surface area contributed by atoms with Gasteiger partial charge in [0.25, 0.3) is 0 Å². The highest BCUT2D eigenvalue weighted by molar-refractivity contribution is 7.89. The first-order valence-corrected chi connectivity index (χ1v) is 8.65. The number of hydrogen-bond acceptors (Lipinski definition) is 5. The molecule has 0 aliphatic carbocycles. The summed E-state index contributed by atoms with van der Waals surface area (Å²) < 4.78 is 37.1. The summed E-state index contributed by atoms with van der Waals surface area (Å²) in [6.07, 6.45) is 0. The number of rotatable bonds is 6. The van der Waals surface area contributed by atoms with Crippen molar-refractivity contribution in [2.45, 2.75) is 25.3 Å². The first-order valence-electron chi connectivity index (χ1n) is 7.21. The van der Waals surface area contributed by atoms with E-state index < -0.39 is 10.0 Å². The maximum atomic E-state index is 12.7. The minimum atomic E-state index is -3.73. The third kappa shape index (κ3) is 3.95. The molecule has 1 heterocycles. The van der Waals surface area contributed by atoms with Crippen LogP contribution >= 0.6 is 0 Å². The summed E-state index contributed by atoms with van der Waals surface area (Å²) in [4.78, 5) is 11.2. The second-order valence-electron chi connectivity index (χ2n) is 5.32. The highest BCUT2D eigenvalue weighted by atomic mass is 32.2. The van der Waals surface area contributed by atoms with Crippen LogP contribution in [0.3, 0.4) is 0 Å². The number of benzene rings is 1. The molecule has 0 bridgehead atoms. The molecule has 2 rings (SSSR count). The lowest BCUT2D eigenvalue weighted by molar-refractivity contribution is -0.114. The Morgan fingerprint density at radius 1 is 1.29 bits per heavy atom. The number of nitrogens with one attached hydrogen (secondary N) is 1. The molecule has 24 heavy (non-hydrogen) atoms. The van der Waals surface area contributed by atoms with E-state index in [-0.39, 0.29) is 23.1 Å². The lowest BCUT2D eigenvalue weighted by Crippen LogP contribution is -2.26. The van der Waals surface area contributed by atoms with Crippen molar-refractivity contribution in [3.8, 4) is 5.75 Å². The van der Waals surface area contributed by atoms with E-state index in [0.29, 0.717) is 11.4 Å². The zero-order valence-electron chi connectivity index (χ0n) is 14.0. The van der Waals surface area contributed by atoms with Gasteiger partial charge in [-0.15, -0.1) is 0 Å². The van der Waals surface area contributed by atoms with Crippen molar-refractivity contribution < 1.29 is 22.4 Å². The van der Waals surface area contributed by atoms with Crippen molar-refractivity contribution in [2.75, 3.05) is 19.5 Å². The Bertz CT molecular complexity index is 842. The molecule has 0 saturated carbocycles. The molecular weight excluding hydrogens is 332 g/mol. The maximum absolute atomic E-state index is 12.7. The summed E-state index contributed by atoms with van der Waals surface area (Å²) in [6.45, 7) is 3.28. The Kier molecular flexibility index (Phi) is 5.30. The second kappa shape index (κ2) is 7.06. The summed E-state index contributed by atoms with van der Waals surface area (Å²) in [5.74, 6) is 1.28. The number of aryl methyl sites for hydroxylation is 1. The highest BCUT2D eigenvalue weighted by Gasteiger charge is 2.23. The van der Waals surface area contributed by atoms with Crippen LogP contribution < -0.4 is 10.1 Å². The summed E-state index contributed by atoms with van der Waals surface area (Å²) in [7, 11) is -0.842. The molecule has 0 fully saturated rings. The molecule has 1 aromatic carbocycles. The zero-order valence-corrected chi connectivity index (χ0v) is 14.8. The number of furan rings is 1. The van der Waals surface area contributed by atoms with Crippen LogP contribution in [0.4, 0.5) is 5.69 Å². The number of nitrogens with zero attached hydrogens (tertiary/aromatic N) is 1. The van der Waals surface area contributed by atoms with E-state index in [0.717, 1.165) is 5.76 Å². The molecule has 1 amide bonds. The monoisotopic (exact) mass is 352 g/mol. The number of amides is 1. The van der Waals surface area contributed by atoms with Gasteiger partial charge in [-0.1, -0.05) is 0 Å². The third-order valence-electron chi connectivity index (χ3n) is 3.37. The molecule has 0 aliphatic heterocycles. The fourth-order valence-corrected chi connectivity index (χ4v) is 3.33. The van der Waals surface area contributed by atoms with Crippen LogP contribution in [0.15, 0.2) is 39.6 Å². The standard InChI is InChI=1S/C16H20N2O5S/c1-11-5-6-13(23-11)10-18(3)24(20,21)14-7-8-15(17-12(2)19)16(9-14)22-4/h5-9H,10H2,1-4H3,(H,17,19). The van der Waals surface area contributed by atoms with Crippen LogP contribution in [0.5, 0.6) is 5.75 Å². The number of methoxy groups -OCH3 is 1. The molecule has 8 heteroatoms. The topological polar surface area (TPSA) is 88.8 Å². The normalized spacial score (nSPS) is 11.5. The minimum Gasteiger partial charge on any atom is -0.495 e. The number of anilines is 1. The van der Waals surface area contributed by atoms with Crippen molar-refractivity contribution >= 4 is 21.6 Å². The molecule has 1 aromatic heterocycles. The average molecular weight is 352 g/mol. The number of hydrogen-bond donors (Lipinski definition) is 1. The van der Waals surface area contributed by atoms with Gasteiger partial charge in [-0.3, -0.25) is 4.79 Å². The summed E-state index contributed by atoms with van der Waals surface area (Å²) >= 11 is 0. The van der Waals surface area contributed by atoms with Gasteiger partial charge in [0.2, 0.25) is 15.9 Å². The molecule has 2 aromatic rings. The van der Waals surface area contributed by atoms with Gasteiger partial charge in [-0.25, -0.2) is 8.42 Å². The third-order valence-corrected chi connectivity index (χ3v) is 5.17. The molecule has 7 nitrogen and oxygen atoms in total. The smallest absolute Gasteiger partial charge is 0.243 e. The summed E-state index contributed by atoms with van der Waals surface area (Å²) in [5, 5.41) is 2.59. The highest BCUT2D eigenvalue weighted by Crippen LogP contribution is 2.29. The van der Waals surface area contributed by atoms with Crippen molar-refractivity contribution in [1.82, 2.24) is 4.31 Å². The van der Waals surface area contributed by atoms with E-state index in [9.17, 15) is 13.2 Å². The van der Waals surface area contributed by atoms with Gasteiger partial charge in [-0.05, 0) is 31.2 Å². The molecule has 0 spiro atoms. The van der Waals surface area contributed by atoms with Crippen molar-refractivity contribution in [3.05, 3.63) is 41.9 Å². The summed E-state index contributed by atoms with van der Waals surface area (Å²) in [5.41, 5.74) is 0.410. The predicted octanol–water partition coefficient (Wildman–Crippen LogP) is 2.38. The zero-order chi connectivity index (χ0) is 17.9. The lowest BCUT2D eigenvalue weighted by Gasteiger charge is -2.17. The van der Waals surface area contributed by atoms with E-state index in [1.54, 1.807) is 19.1 Å². The van der Waals surface area contributed by atoms with E-state index in [1.807, 2.05) is 0 Å². The van der Waals surface area contributed by atoms with Crippen molar-refractivity contribution in [1.29, 1.82) is 0 Å². The molecule has 130 valence electrons. The SMILES string of the molecule is COc1cc(S(=O)(=O)N(C)Cc2ccc(C)o2)ccc1NC(C)=O. The molecule has 0 saturated heterocycles. The Hall–Kier alpha value is -2.32. The lowest BCUT2D eigenvalue weighted by atomic mass is 10.3. The number of ether oxygens (including phenoxy) is 1. The predicted molar refractivity (Wildman–Crippen MR) is 89.4 cm³/mol. The van der Waals surface area contributed by atoms with Crippen LogP contribution in [0, 0.1) is 6.92 Å². The molecule has 0 unspecified atom stereocenters. The molecule has 0 atom stereocenters. The Labute approximate surface area is 141 Å². The van der Waals surface area contributed by atoms with E-state index in [2.05, 4.69) is 5.32 Å². The molecule has 0 aliphatic rings. The fraction of sp³-hybridized carbons (Fsp3) is 0.312. The molecule has 1 N–H and O–H groups in total. The Morgan fingerprint density at radius 3 is 2.54 bits per heavy atom. The van der Waals surface area contributed by atoms with Gasteiger partial charge in [-0.2, -0.15) is 4.31 Å². The van der Waals surface area contributed by atoms with Crippen molar-refractivity contribution in [2.24, 2.45) is 0 Å². The Morgan fingerprint density at radius 2 is 2.00 bits per heavy atom. The first kappa shape index (κ1) is 18.0. The van der Waals surface area contributed by atoms with Crippen LogP contribution in [0.1, 0.15) is 18.4 Å². The van der Waals surface area contributed by atoms with E-state index in [1.165, 1.54) is 43.6 Å². The van der Waals surface area contributed by atoms with Gasteiger partial charge in [0, 0.05) is 20.0 Å². The van der Waals surface area contributed by atoms with Gasteiger partial charge < -0.3 is 14.5 Å². The first-order chi connectivity index (χ1) is 11.2. The quantitative estimate of drug-likeness (QED) is 0.862. The van der Waals surface area contributed by atoms with E-state index >= 15 is 0 Å². The van der Waals surface area contributed by atoms with Crippen LogP contribution in [0.2, 0.25) is 0 Å². The largest absolute Gasteiger partial charge is 0.495 e. The van der Waals surface area contributed by atoms with Crippen molar-refractivity contribution in [3.63, 3.8) is 0 Å². The van der Waals surface area contributed by atoms with Gasteiger partial charge >= 0.3 is 0 Å². The second-order valence-corrected chi connectivity index (χ2v) is 7.36. The van der Waals surface area contributed by atoms with Gasteiger partial charge in [0.05, 0.1) is 24.2 Å². The number of carbonyl (C=O) groups is 1. The van der Waals surface area contributed by atoms with Gasteiger partial charge in [0.15, 0.2) is 0 Å². The van der Waals surface area contributed by atoms with E-state index in [4.69, 9.17) is 9.15 Å². The minimum absolute atomic E-state index is 0.0687. The fourth-order valence-electron chi connectivity index (χ4n) is 2.18. The van der Waals surface area contributed by atoms with Gasteiger partial charge in [0.1, 0.15) is 17.3 Å². The van der Waals surface area contributed by atoms with Crippen LogP contribution in [-0.2, 0) is 21.4 Å². The summed E-state index contributed by atoms with van der Waals surface area (Å²) in [6, 6.07) is 7.82. The maximum Gasteiger partial charge on any atom is 0.243 e. The average Bonchev–Trinajstić information content (AvgIpc) is 2.92. The Balaban J connectivity index is 2.29.